The molecule has 0 aliphatic carbocycles. The summed E-state index contributed by atoms with van der Waals surface area (Å²) in [6.45, 7) is 0. The first-order valence-corrected chi connectivity index (χ1v) is 6.46. The van der Waals surface area contributed by atoms with E-state index in [1.807, 2.05) is 30.3 Å². The van der Waals surface area contributed by atoms with E-state index < -0.39 is 4.92 Å². The van der Waals surface area contributed by atoms with Crippen molar-refractivity contribution < 1.29 is 9.72 Å². The van der Waals surface area contributed by atoms with Gasteiger partial charge in [0, 0.05) is 23.8 Å². The molecular formula is C16H13N3O3. The molecule has 0 bridgehead atoms. The maximum absolute atomic E-state index is 11.6. The highest BCUT2D eigenvalue weighted by Gasteiger charge is 2.03. The van der Waals surface area contributed by atoms with Gasteiger partial charge in [0.1, 0.15) is 0 Å². The molecule has 0 heterocycles. The standard InChI is InChI=1S/C16H13N3O3/c20-16(10-9-13-5-2-1-3-6-13)18-17-12-14-7-4-8-15(11-14)19(21)22/h1-12H,(H,18,20)/b10-9+,17-12?. The largest absolute Gasteiger partial charge is 0.270 e. The summed E-state index contributed by atoms with van der Waals surface area (Å²) in [6.07, 6.45) is 4.37. The first-order valence-electron chi connectivity index (χ1n) is 6.46. The number of hydrogen-bond donors (Lipinski definition) is 1. The van der Waals surface area contributed by atoms with Crippen molar-refractivity contribution in [2.45, 2.75) is 0 Å². The van der Waals surface area contributed by atoms with Crippen LogP contribution >= 0.6 is 0 Å². The molecule has 0 atom stereocenters. The summed E-state index contributed by atoms with van der Waals surface area (Å²) in [4.78, 5) is 21.7. The van der Waals surface area contributed by atoms with Crippen molar-refractivity contribution in [1.29, 1.82) is 0 Å². The first kappa shape index (κ1) is 15.1. The summed E-state index contributed by atoms with van der Waals surface area (Å²) in [6, 6.07) is 15.3. The Labute approximate surface area is 126 Å². The Morgan fingerprint density at radius 1 is 1.09 bits per heavy atom. The fourth-order valence-electron chi connectivity index (χ4n) is 1.66. The highest BCUT2D eigenvalue weighted by molar-refractivity contribution is 5.92. The van der Waals surface area contributed by atoms with E-state index in [-0.39, 0.29) is 11.6 Å². The van der Waals surface area contributed by atoms with Gasteiger partial charge in [0.05, 0.1) is 11.1 Å². The molecule has 6 heteroatoms. The van der Waals surface area contributed by atoms with E-state index in [2.05, 4.69) is 10.5 Å². The average molecular weight is 295 g/mol. The maximum Gasteiger partial charge on any atom is 0.270 e. The number of hydrazone groups is 1. The monoisotopic (exact) mass is 295 g/mol. The number of nitro benzene ring substituents is 1. The lowest BCUT2D eigenvalue weighted by Gasteiger charge is -1.95. The number of carbonyl (C=O) groups is 1. The van der Waals surface area contributed by atoms with Crippen molar-refractivity contribution in [2.24, 2.45) is 5.10 Å². The molecular weight excluding hydrogens is 282 g/mol. The third-order valence-electron chi connectivity index (χ3n) is 2.70. The SMILES string of the molecule is O=C(/C=C/c1ccccc1)NN=Cc1cccc([N+](=O)[O-])c1. The number of carbonyl (C=O) groups excluding carboxylic acids is 1. The Hall–Kier alpha value is -3.28. The van der Waals surface area contributed by atoms with Gasteiger partial charge < -0.3 is 0 Å². The lowest BCUT2D eigenvalue weighted by Crippen LogP contribution is -2.14. The van der Waals surface area contributed by atoms with Crippen molar-refractivity contribution in [2.75, 3.05) is 0 Å². The van der Waals surface area contributed by atoms with Gasteiger partial charge in [-0.2, -0.15) is 5.10 Å². The summed E-state index contributed by atoms with van der Waals surface area (Å²) in [5.74, 6) is -0.384. The summed E-state index contributed by atoms with van der Waals surface area (Å²) in [7, 11) is 0. The predicted molar refractivity (Wildman–Crippen MR) is 84.3 cm³/mol. The van der Waals surface area contributed by atoms with E-state index in [0.717, 1.165) is 5.56 Å². The molecule has 0 radical (unpaired) electrons. The number of amides is 1. The molecule has 2 rings (SSSR count). The topological polar surface area (TPSA) is 84.6 Å². The lowest BCUT2D eigenvalue weighted by molar-refractivity contribution is -0.384. The van der Waals surface area contributed by atoms with Gasteiger partial charge >= 0.3 is 0 Å². The number of nitrogens with zero attached hydrogens (tertiary/aromatic N) is 2. The molecule has 0 saturated heterocycles. The highest BCUT2D eigenvalue weighted by atomic mass is 16.6. The predicted octanol–water partition coefficient (Wildman–Crippen LogP) is 2.76. The molecule has 6 nitrogen and oxygen atoms in total. The summed E-state index contributed by atoms with van der Waals surface area (Å²) < 4.78 is 0. The Balaban J connectivity index is 1.92. The minimum absolute atomic E-state index is 0.0285. The second-order valence-corrected chi connectivity index (χ2v) is 4.33. The molecule has 0 aliphatic heterocycles. The van der Waals surface area contributed by atoms with Gasteiger partial charge in [0.15, 0.2) is 0 Å². The number of benzene rings is 2. The van der Waals surface area contributed by atoms with Crippen molar-refractivity contribution in [1.82, 2.24) is 5.43 Å². The van der Waals surface area contributed by atoms with Crippen LogP contribution in [0.25, 0.3) is 6.08 Å². The van der Waals surface area contributed by atoms with E-state index in [0.29, 0.717) is 5.56 Å². The fourth-order valence-corrected chi connectivity index (χ4v) is 1.66. The molecule has 22 heavy (non-hydrogen) atoms. The smallest absolute Gasteiger partial charge is 0.268 e. The van der Waals surface area contributed by atoms with E-state index >= 15 is 0 Å². The Kier molecular flexibility index (Phi) is 5.15. The van der Waals surface area contributed by atoms with Gasteiger partial charge in [-0.15, -0.1) is 0 Å². The quantitative estimate of drug-likeness (QED) is 0.398. The summed E-state index contributed by atoms with van der Waals surface area (Å²) in [5, 5.41) is 14.4. The van der Waals surface area contributed by atoms with Crippen molar-refractivity contribution in [3.05, 3.63) is 81.9 Å². The van der Waals surface area contributed by atoms with Gasteiger partial charge in [-0.05, 0) is 11.6 Å². The van der Waals surface area contributed by atoms with Crippen molar-refractivity contribution in [3.63, 3.8) is 0 Å². The molecule has 0 unspecified atom stereocenters. The third-order valence-corrected chi connectivity index (χ3v) is 2.70. The fraction of sp³-hybridized carbons (Fsp3) is 0. The Morgan fingerprint density at radius 2 is 1.82 bits per heavy atom. The van der Waals surface area contributed by atoms with Gasteiger partial charge in [-0.1, -0.05) is 42.5 Å². The molecule has 0 saturated carbocycles. The van der Waals surface area contributed by atoms with Crippen LogP contribution in [0, 0.1) is 10.1 Å². The molecule has 2 aromatic carbocycles. The van der Waals surface area contributed by atoms with Crippen LogP contribution in [0.5, 0.6) is 0 Å². The van der Waals surface area contributed by atoms with Crippen LogP contribution < -0.4 is 5.43 Å². The molecule has 1 amide bonds. The summed E-state index contributed by atoms with van der Waals surface area (Å²) >= 11 is 0. The number of non-ortho nitro benzene ring substituents is 1. The van der Waals surface area contributed by atoms with E-state index in [4.69, 9.17) is 0 Å². The van der Waals surface area contributed by atoms with Gasteiger partial charge in [-0.25, -0.2) is 5.43 Å². The number of nitrogens with one attached hydrogen (secondary N) is 1. The third kappa shape index (κ3) is 4.68. The van der Waals surface area contributed by atoms with Crippen molar-refractivity contribution in [3.8, 4) is 0 Å². The molecule has 0 aliphatic rings. The van der Waals surface area contributed by atoms with Crippen LogP contribution in [0.4, 0.5) is 5.69 Å². The minimum Gasteiger partial charge on any atom is -0.268 e. The Morgan fingerprint density at radius 3 is 2.55 bits per heavy atom. The average Bonchev–Trinajstić information content (AvgIpc) is 2.54. The van der Waals surface area contributed by atoms with Crippen LogP contribution in [0.2, 0.25) is 0 Å². The zero-order chi connectivity index (χ0) is 15.8. The molecule has 110 valence electrons. The second-order valence-electron chi connectivity index (χ2n) is 4.33. The summed E-state index contributed by atoms with van der Waals surface area (Å²) in [5.41, 5.74) is 3.73. The highest BCUT2D eigenvalue weighted by Crippen LogP contribution is 2.11. The second kappa shape index (κ2) is 7.49. The van der Waals surface area contributed by atoms with Gasteiger partial charge in [0.2, 0.25) is 0 Å². The number of nitro groups is 1. The number of hydrogen-bond acceptors (Lipinski definition) is 4. The van der Waals surface area contributed by atoms with Crippen LogP contribution in [0.1, 0.15) is 11.1 Å². The van der Waals surface area contributed by atoms with Crippen LogP contribution in [-0.2, 0) is 4.79 Å². The molecule has 0 aromatic heterocycles. The van der Waals surface area contributed by atoms with E-state index in [1.54, 1.807) is 18.2 Å². The van der Waals surface area contributed by atoms with E-state index in [9.17, 15) is 14.9 Å². The number of rotatable bonds is 5. The zero-order valence-corrected chi connectivity index (χ0v) is 11.5. The van der Waals surface area contributed by atoms with Gasteiger partial charge in [-0.3, -0.25) is 14.9 Å². The normalized spacial score (nSPS) is 10.9. The minimum atomic E-state index is -0.488. The molecule has 2 aromatic rings. The van der Waals surface area contributed by atoms with Crippen LogP contribution in [0.3, 0.4) is 0 Å². The van der Waals surface area contributed by atoms with Gasteiger partial charge in [0.25, 0.3) is 11.6 Å². The van der Waals surface area contributed by atoms with E-state index in [1.165, 1.54) is 24.4 Å². The maximum atomic E-state index is 11.6. The molecule has 0 fully saturated rings. The van der Waals surface area contributed by atoms with Crippen molar-refractivity contribution >= 4 is 23.9 Å². The molecule has 1 N–H and O–H groups in total. The Bertz CT molecular complexity index is 724. The molecule has 0 spiro atoms. The first-order chi connectivity index (χ1) is 10.6. The van der Waals surface area contributed by atoms with Crippen LogP contribution in [0.15, 0.2) is 65.8 Å². The zero-order valence-electron chi connectivity index (χ0n) is 11.5. The lowest BCUT2D eigenvalue weighted by atomic mass is 10.2. The van der Waals surface area contributed by atoms with Crippen LogP contribution in [-0.4, -0.2) is 17.0 Å².